The predicted octanol–water partition coefficient (Wildman–Crippen LogP) is 2.06. The number of anilines is 1. The van der Waals surface area contributed by atoms with Gasteiger partial charge in [0.2, 0.25) is 11.8 Å². The molecule has 2 unspecified atom stereocenters. The van der Waals surface area contributed by atoms with E-state index in [1.165, 1.54) is 12.0 Å². The van der Waals surface area contributed by atoms with Crippen molar-refractivity contribution in [3.05, 3.63) is 29.8 Å². The standard InChI is InChI=1S/C20H29N3O2/c1-3-15-6-8-18(9-7-15)23-14-17(11-19(23)24)20(25)22-10-4-5-16(13-22)12-21-2/h6-9,16-17,21H,3-5,10-14H2,1-2H3. The average Bonchev–Trinajstić information content (AvgIpc) is 3.03. The fourth-order valence-corrected chi connectivity index (χ4v) is 4.01. The van der Waals surface area contributed by atoms with Crippen LogP contribution in [-0.4, -0.2) is 49.9 Å². The summed E-state index contributed by atoms with van der Waals surface area (Å²) in [7, 11) is 1.96. The molecule has 0 spiro atoms. The zero-order chi connectivity index (χ0) is 17.8. The van der Waals surface area contributed by atoms with Gasteiger partial charge in [-0.3, -0.25) is 9.59 Å². The van der Waals surface area contributed by atoms with Crippen LogP contribution in [0.2, 0.25) is 0 Å². The Morgan fingerprint density at radius 2 is 2.00 bits per heavy atom. The Kier molecular flexibility index (Phi) is 5.74. The number of benzene rings is 1. The van der Waals surface area contributed by atoms with Crippen molar-refractivity contribution in [3.63, 3.8) is 0 Å². The fraction of sp³-hybridized carbons (Fsp3) is 0.600. The molecule has 2 amide bonds. The van der Waals surface area contributed by atoms with E-state index in [2.05, 4.69) is 24.4 Å². The number of hydrogen-bond donors (Lipinski definition) is 1. The van der Waals surface area contributed by atoms with Crippen LogP contribution in [-0.2, 0) is 16.0 Å². The molecule has 2 heterocycles. The van der Waals surface area contributed by atoms with E-state index in [-0.39, 0.29) is 17.7 Å². The minimum Gasteiger partial charge on any atom is -0.342 e. The molecule has 2 aliphatic rings. The molecule has 2 fully saturated rings. The summed E-state index contributed by atoms with van der Waals surface area (Å²) in [5.41, 5.74) is 2.16. The lowest BCUT2D eigenvalue weighted by atomic mass is 9.96. The first-order valence-electron chi connectivity index (χ1n) is 9.45. The molecule has 0 aromatic heterocycles. The van der Waals surface area contributed by atoms with E-state index in [4.69, 9.17) is 0 Å². The van der Waals surface area contributed by atoms with Crippen LogP contribution in [0.1, 0.15) is 31.7 Å². The molecule has 0 saturated carbocycles. The molecule has 25 heavy (non-hydrogen) atoms. The number of aryl methyl sites for hydroxylation is 1. The monoisotopic (exact) mass is 343 g/mol. The number of hydrogen-bond acceptors (Lipinski definition) is 3. The van der Waals surface area contributed by atoms with Crippen LogP contribution in [0.3, 0.4) is 0 Å². The van der Waals surface area contributed by atoms with E-state index in [0.717, 1.165) is 38.2 Å². The Morgan fingerprint density at radius 3 is 2.68 bits per heavy atom. The van der Waals surface area contributed by atoms with Crippen LogP contribution in [0.15, 0.2) is 24.3 Å². The number of nitrogens with zero attached hydrogens (tertiary/aromatic N) is 2. The summed E-state index contributed by atoms with van der Waals surface area (Å²) in [6.07, 6.45) is 3.55. The van der Waals surface area contributed by atoms with Crippen molar-refractivity contribution in [1.82, 2.24) is 10.2 Å². The average molecular weight is 343 g/mol. The first-order chi connectivity index (χ1) is 12.1. The smallest absolute Gasteiger partial charge is 0.228 e. The first-order valence-corrected chi connectivity index (χ1v) is 9.45. The molecule has 2 aliphatic heterocycles. The van der Waals surface area contributed by atoms with Gasteiger partial charge < -0.3 is 15.1 Å². The predicted molar refractivity (Wildman–Crippen MR) is 99.5 cm³/mol. The largest absolute Gasteiger partial charge is 0.342 e. The van der Waals surface area contributed by atoms with E-state index in [9.17, 15) is 9.59 Å². The van der Waals surface area contributed by atoms with Gasteiger partial charge >= 0.3 is 0 Å². The van der Waals surface area contributed by atoms with Crippen molar-refractivity contribution in [2.75, 3.05) is 38.1 Å². The molecule has 3 rings (SSSR count). The highest BCUT2D eigenvalue weighted by molar-refractivity contribution is 6.00. The summed E-state index contributed by atoms with van der Waals surface area (Å²) in [6.45, 7) is 5.22. The lowest BCUT2D eigenvalue weighted by Gasteiger charge is -2.34. The molecule has 0 aliphatic carbocycles. The van der Waals surface area contributed by atoms with Gasteiger partial charge in [-0.2, -0.15) is 0 Å². The first kappa shape index (κ1) is 17.9. The van der Waals surface area contributed by atoms with Gasteiger partial charge in [0.05, 0.1) is 5.92 Å². The summed E-state index contributed by atoms with van der Waals surface area (Å²) in [6, 6.07) is 8.11. The van der Waals surface area contributed by atoms with Gasteiger partial charge in [-0.05, 0) is 56.5 Å². The zero-order valence-corrected chi connectivity index (χ0v) is 15.3. The zero-order valence-electron chi connectivity index (χ0n) is 15.3. The summed E-state index contributed by atoms with van der Waals surface area (Å²) in [5, 5.41) is 3.21. The van der Waals surface area contributed by atoms with Crippen LogP contribution < -0.4 is 10.2 Å². The molecule has 5 nitrogen and oxygen atoms in total. The Labute approximate surface area is 150 Å². The normalized spacial score (nSPS) is 24.0. The number of piperidine rings is 1. The number of rotatable bonds is 5. The van der Waals surface area contributed by atoms with Crippen LogP contribution in [0.25, 0.3) is 0 Å². The molecule has 5 heteroatoms. The van der Waals surface area contributed by atoms with Crippen LogP contribution in [0, 0.1) is 11.8 Å². The number of likely N-dealkylation sites (tertiary alicyclic amines) is 1. The van der Waals surface area contributed by atoms with Crippen molar-refractivity contribution >= 4 is 17.5 Å². The molecule has 1 aromatic rings. The molecule has 2 atom stereocenters. The lowest BCUT2D eigenvalue weighted by Crippen LogP contribution is -2.45. The molecular weight excluding hydrogens is 314 g/mol. The molecule has 2 saturated heterocycles. The molecular formula is C20H29N3O2. The topological polar surface area (TPSA) is 52.7 Å². The Morgan fingerprint density at radius 1 is 1.24 bits per heavy atom. The van der Waals surface area contributed by atoms with Gasteiger partial charge in [0.25, 0.3) is 0 Å². The van der Waals surface area contributed by atoms with Gasteiger partial charge in [-0.25, -0.2) is 0 Å². The van der Waals surface area contributed by atoms with Gasteiger partial charge in [-0.15, -0.1) is 0 Å². The van der Waals surface area contributed by atoms with Gasteiger partial charge in [-0.1, -0.05) is 19.1 Å². The summed E-state index contributed by atoms with van der Waals surface area (Å²) < 4.78 is 0. The highest BCUT2D eigenvalue weighted by Crippen LogP contribution is 2.28. The number of nitrogens with one attached hydrogen (secondary N) is 1. The molecule has 0 bridgehead atoms. The van der Waals surface area contributed by atoms with E-state index < -0.39 is 0 Å². The van der Waals surface area contributed by atoms with Gasteiger partial charge in [0.1, 0.15) is 0 Å². The van der Waals surface area contributed by atoms with E-state index in [0.29, 0.717) is 18.9 Å². The second-order valence-electron chi connectivity index (χ2n) is 7.28. The summed E-state index contributed by atoms with van der Waals surface area (Å²) in [4.78, 5) is 29.1. The van der Waals surface area contributed by atoms with E-state index in [1.807, 2.05) is 24.1 Å². The maximum atomic E-state index is 12.9. The fourth-order valence-electron chi connectivity index (χ4n) is 4.01. The van der Waals surface area contributed by atoms with Crippen molar-refractivity contribution in [2.45, 2.75) is 32.6 Å². The number of amides is 2. The van der Waals surface area contributed by atoms with E-state index >= 15 is 0 Å². The van der Waals surface area contributed by atoms with Crippen LogP contribution in [0.4, 0.5) is 5.69 Å². The number of carbonyl (C=O) groups excluding carboxylic acids is 2. The van der Waals surface area contributed by atoms with Crippen molar-refractivity contribution < 1.29 is 9.59 Å². The third kappa shape index (κ3) is 4.03. The molecule has 136 valence electrons. The Hall–Kier alpha value is -1.88. The van der Waals surface area contributed by atoms with Crippen molar-refractivity contribution in [2.24, 2.45) is 11.8 Å². The van der Waals surface area contributed by atoms with Crippen molar-refractivity contribution in [1.29, 1.82) is 0 Å². The van der Waals surface area contributed by atoms with E-state index in [1.54, 1.807) is 4.90 Å². The maximum Gasteiger partial charge on any atom is 0.228 e. The lowest BCUT2D eigenvalue weighted by molar-refractivity contribution is -0.137. The second kappa shape index (κ2) is 8.00. The molecule has 1 N–H and O–H groups in total. The Balaban J connectivity index is 1.64. The quantitative estimate of drug-likeness (QED) is 0.890. The van der Waals surface area contributed by atoms with Gasteiger partial charge in [0.15, 0.2) is 0 Å². The number of carbonyl (C=O) groups is 2. The SMILES string of the molecule is CCc1ccc(N2CC(C(=O)N3CCCC(CNC)C3)CC2=O)cc1. The third-order valence-electron chi connectivity index (χ3n) is 5.45. The Bertz CT molecular complexity index is 612. The van der Waals surface area contributed by atoms with Gasteiger partial charge in [0, 0.05) is 31.7 Å². The summed E-state index contributed by atoms with van der Waals surface area (Å²) in [5.74, 6) is 0.539. The van der Waals surface area contributed by atoms with Crippen LogP contribution in [0.5, 0.6) is 0 Å². The second-order valence-corrected chi connectivity index (χ2v) is 7.28. The third-order valence-corrected chi connectivity index (χ3v) is 5.45. The van der Waals surface area contributed by atoms with Crippen LogP contribution >= 0.6 is 0 Å². The molecule has 1 aromatic carbocycles. The van der Waals surface area contributed by atoms with Crippen molar-refractivity contribution in [3.8, 4) is 0 Å². The highest BCUT2D eigenvalue weighted by atomic mass is 16.2. The minimum atomic E-state index is -0.202. The highest BCUT2D eigenvalue weighted by Gasteiger charge is 2.38. The molecule has 0 radical (unpaired) electrons. The minimum absolute atomic E-state index is 0.0615. The maximum absolute atomic E-state index is 12.9. The summed E-state index contributed by atoms with van der Waals surface area (Å²) >= 11 is 0.